The van der Waals surface area contributed by atoms with Crippen molar-refractivity contribution in [3.8, 4) is 11.1 Å². The minimum atomic E-state index is -0.172. The predicted octanol–water partition coefficient (Wildman–Crippen LogP) is 4.97. The van der Waals surface area contributed by atoms with Crippen molar-refractivity contribution in [1.29, 1.82) is 0 Å². The van der Waals surface area contributed by atoms with E-state index >= 15 is 0 Å². The van der Waals surface area contributed by atoms with E-state index in [1.54, 1.807) is 41.2 Å². The van der Waals surface area contributed by atoms with E-state index in [1.165, 1.54) is 23.1 Å². The van der Waals surface area contributed by atoms with Gasteiger partial charge in [-0.25, -0.2) is 4.98 Å². The Morgan fingerprint density at radius 3 is 2.84 bits per heavy atom. The van der Waals surface area contributed by atoms with Gasteiger partial charge in [-0.05, 0) is 29.8 Å². The van der Waals surface area contributed by atoms with Crippen LogP contribution in [0.5, 0.6) is 0 Å². The second kappa shape index (κ2) is 9.55. The van der Waals surface area contributed by atoms with Crippen LogP contribution in [0, 0.1) is 0 Å². The highest BCUT2D eigenvalue weighted by Gasteiger charge is 2.18. The second-order valence-corrected chi connectivity index (χ2v) is 8.82. The van der Waals surface area contributed by atoms with E-state index in [0.717, 1.165) is 11.1 Å². The van der Waals surface area contributed by atoms with Gasteiger partial charge in [0.25, 0.3) is 5.56 Å². The zero-order chi connectivity index (χ0) is 21.8. The van der Waals surface area contributed by atoms with Crippen LogP contribution >= 0.6 is 34.7 Å². The topological polar surface area (TPSA) is 77.1 Å². The maximum atomic E-state index is 13.3. The predicted molar refractivity (Wildman–Crippen MR) is 126 cm³/mol. The van der Waals surface area contributed by atoms with Crippen molar-refractivity contribution in [1.82, 2.24) is 14.9 Å². The Balaban J connectivity index is 1.60. The van der Waals surface area contributed by atoms with Crippen LogP contribution in [0.15, 0.2) is 75.1 Å². The Hall–Kier alpha value is -2.81. The fraction of sp³-hybridized carbons (Fsp3) is 0.136. The number of allylic oxidation sites excluding steroid dienone is 1. The molecule has 0 aliphatic heterocycles. The van der Waals surface area contributed by atoms with E-state index in [-0.39, 0.29) is 17.2 Å². The highest BCUT2D eigenvalue weighted by Crippen LogP contribution is 2.32. The number of furan rings is 1. The molecule has 0 bridgehead atoms. The number of thioether (sulfide) groups is 1. The third-order valence-electron chi connectivity index (χ3n) is 4.50. The lowest BCUT2D eigenvalue weighted by Gasteiger charge is -2.11. The van der Waals surface area contributed by atoms with Crippen LogP contribution < -0.4 is 10.9 Å². The molecule has 3 aromatic heterocycles. The number of carbonyl (C=O) groups excluding carboxylic acids is 1. The summed E-state index contributed by atoms with van der Waals surface area (Å²) >= 11 is 8.61. The number of aromatic nitrogens is 2. The van der Waals surface area contributed by atoms with Crippen LogP contribution in [0.3, 0.4) is 0 Å². The third-order valence-corrected chi connectivity index (χ3v) is 6.60. The van der Waals surface area contributed by atoms with Gasteiger partial charge in [-0.15, -0.1) is 17.9 Å². The molecule has 0 atom stereocenters. The maximum absolute atomic E-state index is 13.3. The average Bonchev–Trinajstić information content (AvgIpc) is 3.44. The summed E-state index contributed by atoms with van der Waals surface area (Å²) in [6, 6.07) is 10.9. The number of hydrogen-bond acceptors (Lipinski definition) is 6. The highest BCUT2D eigenvalue weighted by atomic mass is 35.5. The van der Waals surface area contributed by atoms with Crippen molar-refractivity contribution in [2.45, 2.75) is 18.2 Å². The van der Waals surface area contributed by atoms with E-state index in [1.807, 2.05) is 17.5 Å². The zero-order valence-electron chi connectivity index (χ0n) is 16.3. The SMILES string of the molecule is C=CCn1c(SCC(=O)NCc2ccco2)nc2scc(-c3ccc(Cl)cc3)c2c1=O. The molecule has 0 fully saturated rings. The molecule has 0 saturated carbocycles. The molecule has 0 aliphatic rings. The van der Waals surface area contributed by atoms with Crippen molar-refractivity contribution in [2.24, 2.45) is 0 Å². The molecule has 6 nitrogen and oxygen atoms in total. The molecular weight excluding hydrogens is 454 g/mol. The van der Waals surface area contributed by atoms with Gasteiger partial charge >= 0.3 is 0 Å². The lowest BCUT2D eigenvalue weighted by Crippen LogP contribution is -2.26. The first-order chi connectivity index (χ1) is 15.1. The number of nitrogens with one attached hydrogen (secondary N) is 1. The zero-order valence-corrected chi connectivity index (χ0v) is 18.7. The van der Waals surface area contributed by atoms with Crippen molar-refractivity contribution in [3.63, 3.8) is 0 Å². The lowest BCUT2D eigenvalue weighted by atomic mass is 10.1. The van der Waals surface area contributed by atoms with Crippen molar-refractivity contribution in [2.75, 3.05) is 5.75 Å². The smallest absolute Gasteiger partial charge is 0.263 e. The van der Waals surface area contributed by atoms with Crippen LogP contribution in [0.25, 0.3) is 21.3 Å². The molecule has 158 valence electrons. The van der Waals surface area contributed by atoms with Crippen LogP contribution in [0.1, 0.15) is 5.76 Å². The second-order valence-electron chi connectivity index (χ2n) is 6.58. The Bertz CT molecular complexity index is 1280. The van der Waals surface area contributed by atoms with Gasteiger partial charge in [0.15, 0.2) is 5.16 Å². The van der Waals surface area contributed by atoms with Gasteiger partial charge < -0.3 is 9.73 Å². The first kappa shape index (κ1) is 21.4. The molecule has 4 aromatic rings. The van der Waals surface area contributed by atoms with E-state index in [2.05, 4.69) is 16.9 Å². The lowest BCUT2D eigenvalue weighted by molar-refractivity contribution is -0.118. The normalized spacial score (nSPS) is 11.0. The summed E-state index contributed by atoms with van der Waals surface area (Å²) < 4.78 is 6.76. The fourth-order valence-corrected chi connectivity index (χ4v) is 4.98. The standard InChI is InChI=1S/C22H18ClN3O3S2/c1-2-9-26-21(28)19-17(14-5-7-15(23)8-6-14)12-30-20(19)25-22(26)31-13-18(27)24-11-16-4-3-10-29-16/h2-8,10,12H,1,9,11,13H2,(H,24,27). The van der Waals surface area contributed by atoms with Crippen LogP contribution in [0.2, 0.25) is 5.02 Å². The minimum absolute atomic E-state index is 0.130. The molecule has 9 heteroatoms. The summed E-state index contributed by atoms with van der Waals surface area (Å²) in [7, 11) is 0. The Labute approximate surface area is 191 Å². The summed E-state index contributed by atoms with van der Waals surface area (Å²) in [5.74, 6) is 0.634. The molecule has 0 saturated heterocycles. The van der Waals surface area contributed by atoms with Crippen molar-refractivity contribution >= 4 is 50.8 Å². The third kappa shape index (κ3) is 4.76. The van der Waals surface area contributed by atoms with Gasteiger partial charge in [-0.2, -0.15) is 0 Å². The molecule has 3 heterocycles. The number of carbonyl (C=O) groups is 1. The van der Waals surface area contributed by atoms with Gasteiger partial charge in [0.1, 0.15) is 10.6 Å². The van der Waals surface area contributed by atoms with Crippen molar-refractivity contribution < 1.29 is 9.21 Å². The van der Waals surface area contributed by atoms with Gasteiger partial charge in [-0.1, -0.05) is 41.6 Å². The van der Waals surface area contributed by atoms with E-state index in [9.17, 15) is 9.59 Å². The van der Waals surface area contributed by atoms with Crippen molar-refractivity contribution in [3.05, 3.63) is 81.8 Å². The molecule has 31 heavy (non-hydrogen) atoms. The molecule has 1 amide bonds. The van der Waals surface area contributed by atoms with Gasteiger partial charge in [0.2, 0.25) is 5.91 Å². The number of amides is 1. The summed E-state index contributed by atoms with van der Waals surface area (Å²) in [5.41, 5.74) is 1.56. The van der Waals surface area contributed by atoms with Crippen LogP contribution in [-0.2, 0) is 17.9 Å². The number of halogens is 1. The number of rotatable bonds is 8. The number of benzene rings is 1. The van der Waals surface area contributed by atoms with E-state index in [0.29, 0.717) is 39.2 Å². The number of hydrogen-bond donors (Lipinski definition) is 1. The molecule has 0 spiro atoms. The Morgan fingerprint density at radius 1 is 1.32 bits per heavy atom. The molecular formula is C22H18ClN3O3S2. The summed E-state index contributed by atoms with van der Waals surface area (Å²) in [6.45, 7) is 4.36. The minimum Gasteiger partial charge on any atom is -0.467 e. The van der Waals surface area contributed by atoms with Gasteiger partial charge in [-0.3, -0.25) is 14.2 Å². The number of fused-ring (bicyclic) bond motifs is 1. The maximum Gasteiger partial charge on any atom is 0.263 e. The molecule has 0 radical (unpaired) electrons. The molecule has 1 N–H and O–H groups in total. The fourth-order valence-electron chi connectivity index (χ4n) is 3.03. The quantitative estimate of drug-likeness (QED) is 0.223. The van der Waals surface area contributed by atoms with E-state index in [4.69, 9.17) is 16.0 Å². The first-order valence-corrected chi connectivity index (χ1v) is 11.6. The number of nitrogens with zero attached hydrogens (tertiary/aromatic N) is 2. The highest BCUT2D eigenvalue weighted by molar-refractivity contribution is 7.99. The van der Waals surface area contributed by atoms with E-state index < -0.39 is 0 Å². The molecule has 4 rings (SSSR count). The molecule has 0 unspecified atom stereocenters. The Kier molecular flexibility index (Phi) is 6.60. The monoisotopic (exact) mass is 471 g/mol. The Morgan fingerprint density at radius 2 is 2.13 bits per heavy atom. The summed E-state index contributed by atoms with van der Waals surface area (Å²) in [6.07, 6.45) is 3.20. The molecule has 1 aromatic carbocycles. The molecule has 0 aliphatic carbocycles. The van der Waals surface area contributed by atoms with Gasteiger partial charge in [0.05, 0.1) is 23.9 Å². The van der Waals surface area contributed by atoms with Gasteiger partial charge in [0, 0.05) is 22.5 Å². The largest absolute Gasteiger partial charge is 0.467 e. The number of thiophene rings is 1. The first-order valence-electron chi connectivity index (χ1n) is 9.37. The summed E-state index contributed by atoms with van der Waals surface area (Å²) in [5, 5.41) is 6.38. The summed E-state index contributed by atoms with van der Waals surface area (Å²) in [4.78, 5) is 30.9. The van der Waals surface area contributed by atoms with Crippen LogP contribution in [0.4, 0.5) is 0 Å². The van der Waals surface area contributed by atoms with Crippen LogP contribution in [-0.4, -0.2) is 21.2 Å². The average molecular weight is 472 g/mol.